The van der Waals surface area contributed by atoms with Gasteiger partial charge in [0.05, 0.1) is 11.7 Å². The fourth-order valence-corrected chi connectivity index (χ4v) is 3.71. The van der Waals surface area contributed by atoms with Crippen molar-refractivity contribution in [2.24, 2.45) is 5.92 Å². The van der Waals surface area contributed by atoms with Gasteiger partial charge in [0.25, 0.3) is 5.91 Å². The van der Waals surface area contributed by atoms with Gasteiger partial charge in [-0.15, -0.1) is 0 Å². The number of nitrogens with zero attached hydrogens (tertiary/aromatic N) is 2. The van der Waals surface area contributed by atoms with E-state index in [1.807, 2.05) is 42.5 Å². The smallest absolute Gasteiger partial charge is 0.261 e. The van der Waals surface area contributed by atoms with Crippen molar-refractivity contribution in [1.82, 2.24) is 4.90 Å². The molecule has 3 atom stereocenters. The largest absolute Gasteiger partial charge is 0.280 e. The normalized spacial score (nSPS) is 25.6. The van der Waals surface area contributed by atoms with E-state index in [0.717, 1.165) is 11.3 Å². The van der Waals surface area contributed by atoms with Crippen LogP contribution in [0.2, 0.25) is 5.02 Å². The van der Waals surface area contributed by atoms with E-state index in [9.17, 15) is 9.59 Å². The molecule has 4 rings (SSSR count). The molecule has 0 unspecified atom stereocenters. The highest BCUT2D eigenvalue weighted by Gasteiger charge is 2.59. The van der Waals surface area contributed by atoms with Crippen LogP contribution in [0, 0.1) is 5.92 Å². The lowest BCUT2D eigenvalue weighted by Gasteiger charge is -2.28. The average Bonchev–Trinajstić information content (AvgIpc) is 3.13. The number of likely N-dealkylation sites (tertiary alicyclic amines) is 1. The number of imide groups is 1. The molecule has 2 heterocycles. The number of hydroxylamine groups is 1. The number of rotatable bonds is 3. The maximum Gasteiger partial charge on any atom is 0.261 e. The molecule has 2 amide bonds. The van der Waals surface area contributed by atoms with Gasteiger partial charge in [0.15, 0.2) is 6.10 Å². The van der Waals surface area contributed by atoms with Crippen LogP contribution >= 0.6 is 11.6 Å². The lowest BCUT2D eigenvalue weighted by molar-refractivity contribution is -0.142. The van der Waals surface area contributed by atoms with Crippen LogP contribution in [0.25, 0.3) is 0 Å². The first-order valence-electron chi connectivity index (χ1n) is 8.23. The molecule has 0 saturated carbocycles. The number of hydrogen-bond acceptors (Lipinski definition) is 4. The van der Waals surface area contributed by atoms with Crippen LogP contribution < -0.4 is 5.06 Å². The van der Waals surface area contributed by atoms with Gasteiger partial charge in [-0.1, -0.05) is 41.9 Å². The summed E-state index contributed by atoms with van der Waals surface area (Å²) in [7, 11) is 0. The van der Waals surface area contributed by atoms with Crippen LogP contribution in [0.5, 0.6) is 0 Å². The van der Waals surface area contributed by atoms with E-state index < -0.39 is 12.0 Å². The summed E-state index contributed by atoms with van der Waals surface area (Å²) in [6.45, 7) is 2.15. The van der Waals surface area contributed by atoms with Crippen LogP contribution in [0.3, 0.4) is 0 Å². The monoisotopic (exact) mass is 356 g/mol. The SMILES string of the molecule is CCN1C(=O)[C@@H]2[C@H](ON(c3ccc(Cl)cc3)[C@@H]2c2ccccc2)C1=O. The second kappa shape index (κ2) is 6.17. The summed E-state index contributed by atoms with van der Waals surface area (Å²) >= 11 is 5.98. The number of halogens is 1. The number of amides is 2. The van der Waals surface area contributed by atoms with Gasteiger partial charge in [-0.05, 0) is 36.8 Å². The van der Waals surface area contributed by atoms with E-state index >= 15 is 0 Å². The Morgan fingerprint density at radius 1 is 1.00 bits per heavy atom. The van der Waals surface area contributed by atoms with Gasteiger partial charge in [-0.2, -0.15) is 0 Å². The average molecular weight is 357 g/mol. The molecule has 2 aliphatic rings. The summed E-state index contributed by atoms with van der Waals surface area (Å²) in [6, 6.07) is 16.5. The first-order chi connectivity index (χ1) is 12.1. The molecule has 2 fully saturated rings. The molecule has 0 radical (unpaired) electrons. The van der Waals surface area contributed by atoms with Crippen LogP contribution in [0.1, 0.15) is 18.5 Å². The van der Waals surface area contributed by atoms with E-state index in [0.29, 0.717) is 11.6 Å². The Labute approximate surface area is 150 Å². The maximum atomic E-state index is 12.8. The Morgan fingerprint density at radius 2 is 1.68 bits per heavy atom. The van der Waals surface area contributed by atoms with E-state index in [1.54, 1.807) is 24.1 Å². The highest BCUT2D eigenvalue weighted by atomic mass is 35.5. The third-order valence-electron chi connectivity index (χ3n) is 4.75. The van der Waals surface area contributed by atoms with Gasteiger partial charge < -0.3 is 0 Å². The first kappa shape index (κ1) is 16.1. The predicted molar refractivity (Wildman–Crippen MR) is 93.9 cm³/mol. The Bertz CT molecular complexity index is 809. The molecule has 6 heteroatoms. The highest BCUT2D eigenvalue weighted by Crippen LogP contribution is 2.46. The minimum absolute atomic E-state index is 0.178. The minimum Gasteiger partial charge on any atom is -0.280 e. The summed E-state index contributed by atoms with van der Waals surface area (Å²) in [5.74, 6) is -0.997. The van der Waals surface area contributed by atoms with Crippen molar-refractivity contribution >= 4 is 29.1 Å². The van der Waals surface area contributed by atoms with Crippen LogP contribution in [0.4, 0.5) is 5.69 Å². The zero-order valence-electron chi connectivity index (χ0n) is 13.6. The first-order valence-corrected chi connectivity index (χ1v) is 8.61. The van der Waals surface area contributed by atoms with Crippen molar-refractivity contribution in [3.63, 3.8) is 0 Å². The zero-order chi connectivity index (χ0) is 17.6. The summed E-state index contributed by atoms with van der Waals surface area (Å²) in [5, 5.41) is 2.28. The van der Waals surface area contributed by atoms with Gasteiger partial charge in [-0.3, -0.25) is 19.3 Å². The molecule has 0 aliphatic carbocycles. The lowest BCUT2D eigenvalue weighted by atomic mass is 9.90. The van der Waals surface area contributed by atoms with Crippen molar-refractivity contribution in [3.8, 4) is 0 Å². The Hall–Kier alpha value is -2.37. The number of hydrogen-bond donors (Lipinski definition) is 0. The topological polar surface area (TPSA) is 49.9 Å². The summed E-state index contributed by atoms with van der Waals surface area (Å²) in [4.78, 5) is 32.6. The molecule has 0 N–H and O–H groups in total. The molecule has 0 bridgehead atoms. The second-order valence-electron chi connectivity index (χ2n) is 6.13. The van der Waals surface area contributed by atoms with Crippen molar-refractivity contribution in [3.05, 3.63) is 65.2 Å². The molecule has 128 valence electrons. The Balaban J connectivity index is 1.79. The van der Waals surface area contributed by atoms with E-state index in [2.05, 4.69) is 0 Å². The van der Waals surface area contributed by atoms with E-state index in [4.69, 9.17) is 16.4 Å². The quantitative estimate of drug-likeness (QED) is 0.792. The number of carbonyl (C=O) groups excluding carboxylic acids is 2. The molecule has 0 spiro atoms. The molecule has 25 heavy (non-hydrogen) atoms. The van der Waals surface area contributed by atoms with Gasteiger partial charge in [-0.25, -0.2) is 5.06 Å². The third-order valence-corrected chi connectivity index (χ3v) is 5.00. The molecular weight excluding hydrogens is 340 g/mol. The van der Waals surface area contributed by atoms with Crippen molar-refractivity contribution in [2.75, 3.05) is 11.6 Å². The van der Waals surface area contributed by atoms with Crippen LogP contribution in [-0.4, -0.2) is 29.4 Å². The molecule has 5 nitrogen and oxygen atoms in total. The fourth-order valence-electron chi connectivity index (χ4n) is 3.58. The summed E-state index contributed by atoms with van der Waals surface area (Å²) < 4.78 is 0. The minimum atomic E-state index is -0.784. The van der Waals surface area contributed by atoms with E-state index in [1.165, 1.54) is 4.90 Å². The number of benzene rings is 2. The number of likely N-dealkylation sites (N-methyl/N-ethyl adjacent to an activating group) is 1. The number of anilines is 1. The second-order valence-corrected chi connectivity index (χ2v) is 6.57. The van der Waals surface area contributed by atoms with Crippen molar-refractivity contribution in [1.29, 1.82) is 0 Å². The fraction of sp³-hybridized carbons (Fsp3) is 0.263. The van der Waals surface area contributed by atoms with E-state index in [-0.39, 0.29) is 17.9 Å². The van der Waals surface area contributed by atoms with Crippen molar-refractivity contribution in [2.45, 2.75) is 19.1 Å². The highest BCUT2D eigenvalue weighted by molar-refractivity contribution is 6.30. The van der Waals surface area contributed by atoms with Gasteiger partial charge in [0, 0.05) is 11.6 Å². The number of carbonyl (C=O) groups is 2. The standard InChI is InChI=1S/C19H17ClN2O3/c1-2-21-18(23)15-16(12-6-4-3-5-7-12)22(25-17(15)19(21)24)14-10-8-13(20)9-11-14/h3-11,15-17H,2H2,1H3/t15-,16+,17-/m0/s1. The van der Waals surface area contributed by atoms with Crippen LogP contribution in [0.15, 0.2) is 54.6 Å². The summed E-state index contributed by atoms with van der Waals surface area (Å²) in [5.41, 5.74) is 1.69. The van der Waals surface area contributed by atoms with Crippen LogP contribution in [-0.2, 0) is 14.4 Å². The third kappa shape index (κ3) is 2.51. The summed E-state index contributed by atoms with van der Waals surface area (Å²) in [6.07, 6.45) is -0.784. The molecule has 2 aromatic rings. The zero-order valence-corrected chi connectivity index (χ0v) is 14.4. The Morgan fingerprint density at radius 3 is 2.32 bits per heavy atom. The van der Waals surface area contributed by atoms with Crippen molar-refractivity contribution < 1.29 is 14.4 Å². The van der Waals surface area contributed by atoms with Gasteiger partial charge in [0.2, 0.25) is 5.91 Å². The lowest BCUT2D eigenvalue weighted by Crippen LogP contribution is -2.37. The maximum absolute atomic E-state index is 12.8. The van der Waals surface area contributed by atoms with Gasteiger partial charge >= 0.3 is 0 Å². The molecular formula is C19H17ClN2O3. The number of fused-ring (bicyclic) bond motifs is 1. The molecule has 0 aromatic heterocycles. The molecule has 2 aromatic carbocycles. The Kier molecular flexibility index (Phi) is 3.98. The molecule has 2 saturated heterocycles. The van der Waals surface area contributed by atoms with Gasteiger partial charge in [0.1, 0.15) is 5.92 Å². The molecule has 2 aliphatic heterocycles. The predicted octanol–water partition coefficient (Wildman–Crippen LogP) is 3.21.